The van der Waals surface area contributed by atoms with Crippen molar-refractivity contribution in [1.82, 2.24) is 19.7 Å². The van der Waals surface area contributed by atoms with E-state index in [1.807, 2.05) is 29.1 Å². The molecule has 0 atom stereocenters. The van der Waals surface area contributed by atoms with Gasteiger partial charge < -0.3 is 9.30 Å². The van der Waals surface area contributed by atoms with Gasteiger partial charge in [-0.1, -0.05) is 36.0 Å². The summed E-state index contributed by atoms with van der Waals surface area (Å²) in [4.78, 5) is 17.8. The molecule has 7 nitrogen and oxygen atoms in total. The number of anilines is 1. The summed E-state index contributed by atoms with van der Waals surface area (Å²) >= 11 is 2.68. The van der Waals surface area contributed by atoms with Crippen molar-refractivity contribution < 1.29 is 9.53 Å². The Morgan fingerprint density at radius 2 is 2.08 bits per heavy atom. The molecule has 0 aromatic carbocycles. The molecule has 3 rings (SSSR count). The van der Waals surface area contributed by atoms with Gasteiger partial charge in [-0.2, -0.15) is 0 Å². The molecule has 0 aliphatic rings. The smallest absolute Gasteiger partial charge is 0.269 e. The number of hydrogen-bond acceptors (Lipinski definition) is 7. The molecule has 3 aromatic heterocycles. The number of rotatable bonds is 7. The van der Waals surface area contributed by atoms with Crippen molar-refractivity contribution in [2.24, 2.45) is 0 Å². The van der Waals surface area contributed by atoms with Crippen LogP contribution in [0.5, 0.6) is 0 Å². The standard InChI is InChI=1S/C15H17N5O2S2/c1-3-6-10-12(24-15(16-10)20-7-4-5-8-20)13(21)17-14-19-18-11(23-14)9-22-2/h4-5,7-8H,3,6,9H2,1-2H3,(H,17,19,21). The summed E-state index contributed by atoms with van der Waals surface area (Å²) in [6.07, 6.45) is 5.51. The topological polar surface area (TPSA) is 81.9 Å². The highest BCUT2D eigenvalue weighted by Crippen LogP contribution is 2.25. The number of ether oxygens (including phenoxy) is 1. The Labute approximate surface area is 147 Å². The molecule has 24 heavy (non-hydrogen) atoms. The molecule has 3 heterocycles. The number of aryl methyl sites for hydroxylation is 1. The van der Waals surface area contributed by atoms with Gasteiger partial charge in [-0.25, -0.2) is 4.98 Å². The zero-order valence-electron chi connectivity index (χ0n) is 13.4. The lowest BCUT2D eigenvalue weighted by Crippen LogP contribution is -2.12. The molecule has 0 radical (unpaired) electrons. The number of amides is 1. The first-order valence-corrected chi connectivity index (χ1v) is 9.10. The van der Waals surface area contributed by atoms with Gasteiger partial charge >= 0.3 is 0 Å². The molecule has 1 N–H and O–H groups in total. The second kappa shape index (κ2) is 7.65. The zero-order chi connectivity index (χ0) is 16.9. The van der Waals surface area contributed by atoms with Crippen LogP contribution in [0, 0.1) is 0 Å². The number of carbonyl (C=O) groups excluding carboxylic acids is 1. The molecule has 0 bridgehead atoms. The van der Waals surface area contributed by atoms with Crippen LogP contribution in [0.2, 0.25) is 0 Å². The molecule has 0 aliphatic carbocycles. The van der Waals surface area contributed by atoms with Crippen LogP contribution >= 0.6 is 22.7 Å². The molecule has 1 amide bonds. The first-order valence-electron chi connectivity index (χ1n) is 7.47. The second-order valence-electron chi connectivity index (χ2n) is 5.00. The maximum absolute atomic E-state index is 12.6. The van der Waals surface area contributed by atoms with Crippen LogP contribution < -0.4 is 5.32 Å². The highest BCUT2D eigenvalue weighted by atomic mass is 32.1. The van der Waals surface area contributed by atoms with Crippen molar-refractivity contribution in [3.63, 3.8) is 0 Å². The Morgan fingerprint density at radius 3 is 2.79 bits per heavy atom. The Morgan fingerprint density at radius 1 is 1.29 bits per heavy atom. The quantitative estimate of drug-likeness (QED) is 0.697. The second-order valence-corrected chi connectivity index (χ2v) is 7.04. The summed E-state index contributed by atoms with van der Waals surface area (Å²) in [5, 5.41) is 12.7. The lowest BCUT2D eigenvalue weighted by molar-refractivity contribution is 0.102. The largest absolute Gasteiger partial charge is 0.377 e. The van der Waals surface area contributed by atoms with Crippen LogP contribution in [-0.4, -0.2) is 32.8 Å². The van der Waals surface area contributed by atoms with Gasteiger partial charge in [0.1, 0.15) is 16.5 Å². The van der Waals surface area contributed by atoms with E-state index >= 15 is 0 Å². The minimum Gasteiger partial charge on any atom is -0.377 e. The van der Waals surface area contributed by atoms with Crippen LogP contribution in [0.15, 0.2) is 24.5 Å². The fourth-order valence-electron chi connectivity index (χ4n) is 2.14. The van der Waals surface area contributed by atoms with E-state index in [1.165, 1.54) is 22.7 Å². The third kappa shape index (κ3) is 3.69. The van der Waals surface area contributed by atoms with Crippen LogP contribution in [0.3, 0.4) is 0 Å². The first-order chi connectivity index (χ1) is 11.7. The van der Waals surface area contributed by atoms with E-state index in [9.17, 15) is 4.79 Å². The first kappa shape index (κ1) is 16.7. The summed E-state index contributed by atoms with van der Waals surface area (Å²) in [7, 11) is 1.59. The molecular weight excluding hydrogens is 346 g/mol. The van der Waals surface area contributed by atoms with Gasteiger partial charge in [0.2, 0.25) is 5.13 Å². The number of methoxy groups -OCH3 is 1. The van der Waals surface area contributed by atoms with Gasteiger partial charge in [-0.05, 0) is 18.6 Å². The molecular formula is C15H17N5O2S2. The lowest BCUT2D eigenvalue weighted by Gasteiger charge is -2.00. The summed E-state index contributed by atoms with van der Waals surface area (Å²) in [5.41, 5.74) is 0.810. The van der Waals surface area contributed by atoms with Crippen molar-refractivity contribution in [1.29, 1.82) is 0 Å². The molecule has 9 heteroatoms. The van der Waals surface area contributed by atoms with Crippen molar-refractivity contribution in [3.05, 3.63) is 40.1 Å². The Hall–Kier alpha value is -2.10. The van der Waals surface area contributed by atoms with E-state index in [0.717, 1.165) is 28.7 Å². The predicted octanol–water partition coefficient (Wildman–Crippen LogP) is 3.14. The van der Waals surface area contributed by atoms with E-state index in [0.29, 0.717) is 16.6 Å². The van der Waals surface area contributed by atoms with Crippen LogP contribution in [-0.2, 0) is 17.8 Å². The van der Waals surface area contributed by atoms with Crippen LogP contribution in [0.25, 0.3) is 5.13 Å². The summed E-state index contributed by atoms with van der Waals surface area (Å²) < 4.78 is 6.92. The number of hydrogen-bond donors (Lipinski definition) is 1. The SMILES string of the molecule is CCCc1nc(-n2cccc2)sc1C(=O)Nc1nnc(COC)s1. The van der Waals surface area contributed by atoms with E-state index in [-0.39, 0.29) is 5.91 Å². The fraction of sp³-hybridized carbons (Fsp3) is 0.333. The zero-order valence-corrected chi connectivity index (χ0v) is 15.0. The number of thiazole rings is 1. The van der Waals surface area contributed by atoms with Crippen molar-refractivity contribution in [3.8, 4) is 5.13 Å². The third-order valence-corrected chi connectivity index (χ3v) is 5.08. The van der Waals surface area contributed by atoms with E-state index in [4.69, 9.17) is 4.74 Å². The number of nitrogens with one attached hydrogen (secondary N) is 1. The van der Waals surface area contributed by atoms with E-state index < -0.39 is 0 Å². The minimum absolute atomic E-state index is 0.200. The number of aromatic nitrogens is 4. The average Bonchev–Trinajstić information content (AvgIpc) is 3.28. The number of carbonyl (C=O) groups is 1. The molecule has 126 valence electrons. The maximum Gasteiger partial charge on any atom is 0.269 e. The normalized spacial score (nSPS) is 10.9. The summed E-state index contributed by atoms with van der Waals surface area (Å²) in [6, 6.07) is 3.86. The van der Waals surface area contributed by atoms with Crippen LogP contribution in [0.1, 0.15) is 33.7 Å². The van der Waals surface area contributed by atoms with Gasteiger partial charge in [0.25, 0.3) is 5.91 Å². The molecule has 0 unspecified atom stereocenters. The van der Waals surface area contributed by atoms with E-state index in [2.05, 4.69) is 27.4 Å². The molecule has 0 saturated carbocycles. The fourth-order valence-corrected chi connectivity index (χ4v) is 3.82. The van der Waals surface area contributed by atoms with Gasteiger partial charge in [0.05, 0.1) is 5.69 Å². The maximum atomic E-state index is 12.6. The van der Waals surface area contributed by atoms with Crippen molar-refractivity contribution in [2.75, 3.05) is 12.4 Å². The van der Waals surface area contributed by atoms with Gasteiger partial charge in [0, 0.05) is 19.5 Å². The number of nitrogens with zero attached hydrogens (tertiary/aromatic N) is 4. The Kier molecular flexibility index (Phi) is 5.34. The molecule has 0 saturated heterocycles. The van der Waals surface area contributed by atoms with Gasteiger partial charge in [-0.15, -0.1) is 10.2 Å². The highest BCUT2D eigenvalue weighted by Gasteiger charge is 2.19. The highest BCUT2D eigenvalue weighted by molar-refractivity contribution is 7.17. The Bertz CT molecular complexity index is 810. The van der Waals surface area contributed by atoms with Gasteiger partial charge in [0.15, 0.2) is 5.13 Å². The molecule has 0 spiro atoms. The average molecular weight is 363 g/mol. The third-order valence-electron chi connectivity index (χ3n) is 3.16. The monoisotopic (exact) mass is 363 g/mol. The molecule has 0 aliphatic heterocycles. The predicted molar refractivity (Wildman–Crippen MR) is 94.0 cm³/mol. The van der Waals surface area contributed by atoms with Gasteiger partial charge in [-0.3, -0.25) is 10.1 Å². The minimum atomic E-state index is -0.200. The lowest BCUT2D eigenvalue weighted by atomic mass is 10.2. The van der Waals surface area contributed by atoms with Crippen molar-refractivity contribution >= 4 is 33.7 Å². The van der Waals surface area contributed by atoms with E-state index in [1.54, 1.807) is 7.11 Å². The molecule has 0 fully saturated rings. The Balaban J connectivity index is 1.82. The summed E-state index contributed by atoms with van der Waals surface area (Å²) in [5.74, 6) is -0.200. The van der Waals surface area contributed by atoms with Crippen LogP contribution in [0.4, 0.5) is 5.13 Å². The molecule has 3 aromatic rings. The summed E-state index contributed by atoms with van der Waals surface area (Å²) in [6.45, 7) is 2.45. The van der Waals surface area contributed by atoms with Crippen molar-refractivity contribution in [2.45, 2.75) is 26.4 Å².